The van der Waals surface area contributed by atoms with Crippen LogP contribution in [0.3, 0.4) is 0 Å². The SMILES string of the molecule is Cc1ccc(S(=O)(=O)Oc2ccc3ccccc3c2C=Nc2ccccc2C)cc1. The van der Waals surface area contributed by atoms with Crippen molar-refractivity contribution < 1.29 is 12.6 Å². The molecule has 0 spiro atoms. The van der Waals surface area contributed by atoms with Crippen LogP contribution in [0.25, 0.3) is 10.8 Å². The first-order valence-corrected chi connectivity index (χ1v) is 11.0. The number of benzene rings is 4. The number of para-hydroxylation sites is 1. The molecule has 0 aliphatic heterocycles. The zero-order chi connectivity index (χ0) is 21.1. The monoisotopic (exact) mass is 415 g/mol. The first kappa shape index (κ1) is 19.9. The van der Waals surface area contributed by atoms with E-state index < -0.39 is 10.1 Å². The Morgan fingerprint density at radius 3 is 2.27 bits per heavy atom. The molecule has 0 heterocycles. The molecule has 0 aliphatic rings. The van der Waals surface area contributed by atoms with Gasteiger partial charge in [0.1, 0.15) is 4.90 Å². The molecule has 4 rings (SSSR count). The van der Waals surface area contributed by atoms with Gasteiger partial charge in [-0.1, -0.05) is 66.2 Å². The number of rotatable bonds is 5. The molecule has 0 aromatic heterocycles. The Kier molecular flexibility index (Phi) is 5.38. The van der Waals surface area contributed by atoms with Crippen LogP contribution in [-0.2, 0) is 10.1 Å². The highest BCUT2D eigenvalue weighted by Crippen LogP contribution is 2.30. The lowest BCUT2D eigenvalue weighted by molar-refractivity contribution is 0.486. The first-order chi connectivity index (χ1) is 14.4. The largest absolute Gasteiger partial charge is 0.378 e. The van der Waals surface area contributed by atoms with E-state index >= 15 is 0 Å². The summed E-state index contributed by atoms with van der Waals surface area (Å²) in [5.74, 6) is 0.242. The first-order valence-electron chi connectivity index (χ1n) is 9.57. The number of nitrogens with zero attached hydrogens (tertiary/aromatic N) is 1. The quantitative estimate of drug-likeness (QED) is 0.298. The minimum atomic E-state index is -3.97. The smallest absolute Gasteiger partial charge is 0.339 e. The summed E-state index contributed by atoms with van der Waals surface area (Å²) in [6.45, 7) is 3.88. The van der Waals surface area contributed by atoms with Crippen molar-refractivity contribution in [3.8, 4) is 5.75 Å². The van der Waals surface area contributed by atoms with Crippen LogP contribution in [0.1, 0.15) is 16.7 Å². The van der Waals surface area contributed by atoms with Gasteiger partial charge in [-0.05, 0) is 54.4 Å². The fraction of sp³-hybridized carbons (Fsp3) is 0.0800. The maximum Gasteiger partial charge on any atom is 0.339 e. The Morgan fingerprint density at radius 2 is 1.50 bits per heavy atom. The number of fused-ring (bicyclic) bond motifs is 1. The van der Waals surface area contributed by atoms with Crippen molar-refractivity contribution in [3.63, 3.8) is 0 Å². The molecule has 150 valence electrons. The van der Waals surface area contributed by atoms with Crippen LogP contribution in [0, 0.1) is 13.8 Å². The molecule has 0 N–H and O–H groups in total. The van der Waals surface area contributed by atoms with Crippen LogP contribution < -0.4 is 4.18 Å². The van der Waals surface area contributed by atoms with Crippen molar-refractivity contribution >= 4 is 32.8 Å². The van der Waals surface area contributed by atoms with Crippen LogP contribution in [-0.4, -0.2) is 14.6 Å². The summed E-state index contributed by atoms with van der Waals surface area (Å²) < 4.78 is 31.3. The number of aliphatic imine (C=N–C) groups is 1. The molecule has 0 atom stereocenters. The molecule has 30 heavy (non-hydrogen) atoms. The van der Waals surface area contributed by atoms with Crippen LogP contribution in [0.5, 0.6) is 5.75 Å². The van der Waals surface area contributed by atoms with Gasteiger partial charge in [0, 0.05) is 11.8 Å². The summed E-state index contributed by atoms with van der Waals surface area (Å²) >= 11 is 0. The van der Waals surface area contributed by atoms with E-state index in [1.165, 1.54) is 0 Å². The van der Waals surface area contributed by atoms with Gasteiger partial charge in [-0.25, -0.2) is 0 Å². The van der Waals surface area contributed by atoms with Crippen LogP contribution in [0.15, 0.2) is 94.8 Å². The summed E-state index contributed by atoms with van der Waals surface area (Å²) in [7, 11) is -3.97. The van der Waals surface area contributed by atoms with Gasteiger partial charge in [-0.3, -0.25) is 4.99 Å². The standard InChI is InChI=1S/C25H21NO3S/c1-18-11-14-21(15-12-18)30(27,28)29-25-16-13-20-8-4-5-9-22(20)23(25)17-26-24-10-6-3-7-19(24)2/h3-17H,1-2H3. The zero-order valence-corrected chi connectivity index (χ0v) is 17.6. The third-order valence-corrected chi connectivity index (χ3v) is 6.14. The molecule has 4 aromatic carbocycles. The average molecular weight is 416 g/mol. The summed E-state index contributed by atoms with van der Waals surface area (Å²) in [4.78, 5) is 4.72. The van der Waals surface area contributed by atoms with Crippen LogP contribution >= 0.6 is 0 Å². The van der Waals surface area contributed by atoms with E-state index in [2.05, 4.69) is 4.99 Å². The lowest BCUT2D eigenvalue weighted by atomic mass is 10.0. The van der Waals surface area contributed by atoms with E-state index in [0.29, 0.717) is 5.56 Å². The minimum absolute atomic E-state index is 0.114. The summed E-state index contributed by atoms with van der Waals surface area (Å²) in [6.07, 6.45) is 1.67. The highest BCUT2D eigenvalue weighted by atomic mass is 32.2. The summed E-state index contributed by atoms with van der Waals surface area (Å²) in [5.41, 5.74) is 3.44. The van der Waals surface area contributed by atoms with Crippen LogP contribution in [0.4, 0.5) is 5.69 Å². The number of aryl methyl sites for hydroxylation is 2. The highest BCUT2D eigenvalue weighted by Gasteiger charge is 2.19. The second kappa shape index (κ2) is 8.13. The van der Waals surface area contributed by atoms with E-state index in [9.17, 15) is 8.42 Å². The lowest BCUT2D eigenvalue weighted by Gasteiger charge is -2.12. The Hall–Kier alpha value is -3.44. The molecule has 0 radical (unpaired) electrons. The van der Waals surface area contributed by atoms with Crippen molar-refractivity contribution in [2.75, 3.05) is 0 Å². The van der Waals surface area contributed by atoms with Gasteiger partial charge in [0.05, 0.1) is 5.69 Å². The Bertz CT molecular complexity index is 1340. The molecule has 0 aliphatic carbocycles. The van der Waals surface area contributed by atoms with Crippen molar-refractivity contribution in [3.05, 3.63) is 102 Å². The summed E-state index contributed by atoms with van der Waals surface area (Å²) in [6, 6.07) is 25.6. The van der Waals surface area contributed by atoms with Crippen molar-refractivity contribution in [2.45, 2.75) is 18.7 Å². The van der Waals surface area contributed by atoms with Gasteiger partial charge in [-0.15, -0.1) is 0 Å². The number of hydrogen-bond acceptors (Lipinski definition) is 4. The second-order valence-corrected chi connectivity index (χ2v) is 8.64. The molecule has 0 saturated heterocycles. The average Bonchev–Trinajstić information content (AvgIpc) is 2.74. The highest BCUT2D eigenvalue weighted by molar-refractivity contribution is 7.87. The molecular formula is C25H21NO3S. The molecule has 4 aromatic rings. The third-order valence-electron chi connectivity index (χ3n) is 4.89. The molecule has 0 unspecified atom stereocenters. The Morgan fingerprint density at radius 1 is 0.800 bits per heavy atom. The molecule has 4 nitrogen and oxygen atoms in total. The topological polar surface area (TPSA) is 55.7 Å². The zero-order valence-electron chi connectivity index (χ0n) is 16.7. The van der Waals surface area contributed by atoms with E-state index in [1.807, 2.05) is 68.4 Å². The Balaban J connectivity index is 1.81. The number of hydrogen-bond donors (Lipinski definition) is 0. The summed E-state index contributed by atoms with van der Waals surface area (Å²) in [5, 5.41) is 1.84. The Labute approximate surface area is 176 Å². The molecule has 0 saturated carbocycles. The van der Waals surface area contributed by atoms with Gasteiger partial charge in [-0.2, -0.15) is 8.42 Å². The normalized spacial score (nSPS) is 11.8. The molecular weight excluding hydrogens is 394 g/mol. The maximum absolute atomic E-state index is 12.9. The fourth-order valence-electron chi connectivity index (χ4n) is 3.20. The van der Waals surface area contributed by atoms with Gasteiger partial charge < -0.3 is 4.18 Å². The lowest BCUT2D eigenvalue weighted by Crippen LogP contribution is -2.11. The van der Waals surface area contributed by atoms with Gasteiger partial charge in [0.2, 0.25) is 0 Å². The van der Waals surface area contributed by atoms with Gasteiger partial charge in [0.25, 0.3) is 0 Å². The van der Waals surface area contributed by atoms with E-state index in [4.69, 9.17) is 4.18 Å². The predicted molar refractivity (Wildman–Crippen MR) is 121 cm³/mol. The van der Waals surface area contributed by atoms with Gasteiger partial charge in [0.15, 0.2) is 5.75 Å². The maximum atomic E-state index is 12.9. The molecule has 0 amide bonds. The predicted octanol–water partition coefficient (Wildman–Crippen LogP) is 5.97. The minimum Gasteiger partial charge on any atom is -0.378 e. The molecule has 5 heteroatoms. The fourth-order valence-corrected chi connectivity index (χ4v) is 4.14. The van der Waals surface area contributed by atoms with E-state index in [0.717, 1.165) is 27.6 Å². The molecule has 0 bridgehead atoms. The molecule has 0 fully saturated rings. The third kappa shape index (κ3) is 4.11. The van der Waals surface area contributed by atoms with E-state index in [-0.39, 0.29) is 10.6 Å². The van der Waals surface area contributed by atoms with Gasteiger partial charge >= 0.3 is 10.1 Å². The van der Waals surface area contributed by atoms with Crippen molar-refractivity contribution in [2.24, 2.45) is 4.99 Å². The van der Waals surface area contributed by atoms with Crippen molar-refractivity contribution in [1.29, 1.82) is 0 Å². The second-order valence-electron chi connectivity index (χ2n) is 7.09. The van der Waals surface area contributed by atoms with Crippen LogP contribution in [0.2, 0.25) is 0 Å². The van der Waals surface area contributed by atoms with E-state index in [1.54, 1.807) is 36.5 Å². The van der Waals surface area contributed by atoms with Crippen molar-refractivity contribution in [1.82, 2.24) is 0 Å².